The van der Waals surface area contributed by atoms with Crippen molar-refractivity contribution in [2.45, 2.75) is 18.7 Å². The van der Waals surface area contributed by atoms with E-state index in [2.05, 4.69) is 4.74 Å². The van der Waals surface area contributed by atoms with E-state index in [-0.39, 0.29) is 6.61 Å². The summed E-state index contributed by atoms with van der Waals surface area (Å²) in [4.78, 5) is 28.2. The van der Waals surface area contributed by atoms with Crippen LogP contribution in [0.15, 0.2) is 30.3 Å². The first kappa shape index (κ1) is 12.5. The molecule has 2 unspecified atom stereocenters. The van der Waals surface area contributed by atoms with Crippen molar-refractivity contribution in [2.24, 2.45) is 5.73 Å². The molecule has 1 aliphatic heterocycles. The van der Waals surface area contributed by atoms with Crippen molar-refractivity contribution in [3.8, 4) is 0 Å². The van der Waals surface area contributed by atoms with Crippen LogP contribution < -0.4 is 5.73 Å². The Kier molecular flexibility index (Phi) is 3.59. The Labute approximate surface area is 104 Å². The number of methoxy groups -OCH3 is 1. The molecule has 1 aromatic carbocycles. The van der Waals surface area contributed by atoms with Crippen LogP contribution in [-0.4, -0.2) is 36.1 Å². The molecule has 18 heavy (non-hydrogen) atoms. The molecule has 1 fully saturated rings. The average Bonchev–Trinajstić information content (AvgIpc) is 2.42. The number of carbonyl (C=O) groups excluding carboxylic acids is 2. The highest BCUT2D eigenvalue weighted by Gasteiger charge is 2.51. The molecule has 0 bridgehead atoms. The van der Waals surface area contributed by atoms with Gasteiger partial charge in [-0.05, 0) is 5.56 Å². The smallest absolute Gasteiger partial charge is 0.333 e. The molecule has 0 aliphatic carbocycles. The van der Waals surface area contributed by atoms with Crippen molar-refractivity contribution in [3.63, 3.8) is 0 Å². The van der Waals surface area contributed by atoms with Gasteiger partial charge in [-0.1, -0.05) is 30.3 Å². The second kappa shape index (κ2) is 5.16. The molecule has 2 N–H and O–H groups in total. The fourth-order valence-electron chi connectivity index (χ4n) is 1.71. The summed E-state index contributed by atoms with van der Waals surface area (Å²) in [7, 11) is 1.24. The number of hydrogen-bond donors (Lipinski definition) is 1. The number of rotatable bonds is 4. The van der Waals surface area contributed by atoms with Crippen LogP contribution in [0.25, 0.3) is 0 Å². The summed E-state index contributed by atoms with van der Waals surface area (Å²) < 4.78 is 4.56. The predicted molar refractivity (Wildman–Crippen MR) is 61.9 cm³/mol. The van der Waals surface area contributed by atoms with E-state index in [1.54, 1.807) is 0 Å². The van der Waals surface area contributed by atoms with E-state index in [1.807, 2.05) is 30.3 Å². The Balaban J connectivity index is 1.96. The first-order valence-electron chi connectivity index (χ1n) is 5.48. The second-order valence-electron chi connectivity index (χ2n) is 3.92. The average molecular weight is 250 g/mol. The van der Waals surface area contributed by atoms with Gasteiger partial charge in [0.1, 0.15) is 12.6 Å². The summed E-state index contributed by atoms with van der Waals surface area (Å²) in [5.41, 5.74) is 6.43. The number of amides is 1. The highest BCUT2D eigenvalue weighted by Crippen LogP contribution is 2.21. The van der Waals surface area contributed by atoms with Crippen LogP contribution in [0.4, 0.5) is 0 Å². The molecule has 0 spiro atoms. The summed E-state index contributed by atoms with van der Waals surface area (Å²) in [6.07, 6.45) is 0. The molecule has 1 saturated heterocycles. The van der Waals surface area contributed by atoms with Crippen molar-refractivity contribution in [1.82, 2.24) is 5.06 Å². The van der Waals surface area contributed by atoms with Crippen LogP contribution in [0.3, 0.4) is 0 Å². The van der Waals surface area contributed by atoms with Crippen LogP contribution in [0.5, 0.6) is 0 Å². The standard InChI is InChI=1S/C12H14N2O4/c1-17-12(16)10-9(13)11(15)14(10)18-7-8-5-3-2-4-6-8/h2-6,9-10H,7,13H2,1H3. The summed E-state index contributed by atoms with van der Waals surface area (Å²) in [6.45, 7) is 0.201. The molecule has 6 nitrogen and oxygen atoms in total. The Morgan fingerprint density at radius 2 is 2.06 bits per heavy atom. The van der Waals surface area contributed by atoms with Crippen LogP contribution in [0.2, 0.25) is 0 Å². The van der Waals surface area contributed by atoms with E-state index in [9.17, 15) is 9.59 Å². The van der Waals surface area contributed by atoms with Crippen molar-refractivity contribution in [2.75, 3.05) is 7.11 Å². The van der Waals surface area contributed by atoms with Gasteiger partial charge in [0.25, 0.3) is 5.91 Å². The van der Waals surface area contributed by atoms with E-state index >= 15 is 0 Å². The fourth-order valence-corrected chi connectivity index (χ4v) is 1.71. The van der Waals surface area contributed by atoms with Crippen molar-refractivity contribution in [3.05, 3.63) is 35.9 Å². The fraction of sp³-hybridized carbons (Fsp3) is 0.333. The van der Waals surface area contributed by atoms with Crippen LogP contribution in [-0.2, 0) is 25.8 Å². The number of β-lactam (4-membered cyclic amide) rings is 1. The minimum absolute atomic E-state index is 0.201. The molecule has 2 atom stereocenters. The molecular weight excluding hydrogens is 236 g/mol. The maximum atomic E-state index is 11.5. The number of benzene rings is 1. The van der Waals surface area contributed by atoms with Crippen LogP contribution in [0.1, 0.15) is 5.56 Å². The van der Waals surface area contributed by atoms with Gasteiger partial charge in [0.2, 0.25) is 0 Å². The van der Waals surface area contributed by atoms with Gasteiger partial charge in [-0.15, -0.1) is 0 Å². The number of nitrogens with two attached hydrogens (primary N) is 1. The number of esters is 1. The van der Waals surface area contributed by atoms with Gasteiger partial charge < -0.3 is 10.5 Å². The minimum Gasteiger partial charge on any atom is -0.467 e. The molecule has 2 rings (SSSR count). The zero-order valence-corrected chi connectivity index (χ0v) is 9.91. The third kappa shape index (κ3) is 2.20. The van der Waals surface area contributed by atoms with Crippen LogP contribution >= 0.6 is 0 Å². The van der Waals surface area contributed by atoms with Gasteiger partial charge in [-0.3, -0.25) is 9.63 Å². The predicted octanol–water partition coefficient (Wildman–Crippen LogP) is -0.171. The number of hydrogen-bond acceptors (Lipinski definition) is 5. The lowest BCUT2D eigenvalue weighted by atomic mass is 10.00. The highest BCUT2D eigenvalue weighted by atomic mass is 16.7. The highest BCUT2D eigenvalue weighted by molar-refractivity contribution is 5.98. The third-order valence-corrected chi connectivity index (χ3v) is 2.75. The van der Waals surface area contributed by atoms with Gasteiger partial charge >= 0.3 is 5.97 Å². The molecular formula is C12H14N2O4. The maximum Gasteiger partial charge on any atom is 0.333 e. The van der Waals surface area contributed by atoms with Crippen molar-refractivity contribution >= 4 is 11.9 Å². The van der Waals surface area contributed by atoms with Crippen molar-refractivity contribution in [1.29, 1.82) is 0 Å². The molecule has 1 amide bonds. The summed E-state index contributed by atoms with van der Waals surface area (Å²) >= 11 is 0. The first-order valence-corrected chi connectivity index (χ1v) is 5.48. The maximum absolute atomic E-state index is 11.5. The van der Waals surface area contributed by atoms with Gasteiger partial charge in [-0.25, -0.2) is 9.86 Å². The van der Waals surface area contributed by atoms with E-state index in [0.29, 0.717) is 0 Å². The lowest BCUT2D eigenvalue weighted by Crippen LogP contribution is -2.71. The third-order valence-electron chi connectivity index (χ3n) is 2.75. The minimum atomic E-state index is -0.881. The van der Waals surface area contributed by atoms with Gasteiger partial charge in [0.15, 0.2) is 6.04 Å². The molecule has 0 radical (unpaired) electrons. The SMILES string of the molecule is COC(=O)C1C(N)C(=O)N1OCc1ccccc1. The summed E-state index contributed by atoms with van der Waals surface area (Å²) in [5, 5.41) is 0.976. The Bertz CT molecular complexity index is 449. The van der Waals surface area contributed by atoms with E-state index in [1.165, 1.54) is 7.11 Å². The Morgan fingerprint density at radius 3 is 2.67 bits per heavy atom. The molecule has 1 aromatic rings. The van der Waals surface area contributed by atoms with Gasteiger partial charge in [0, 0.05) is 0 Å². The molecule has 0 aromatic heterocycles. The quantitative estimate of drug-likeness (QED) is 0.592. The largest absolute Gasteiger partial charge is 0.467 e. The van der Waals surface area contributed by atoms with E-state index in [4.69, 9.17) is 10.6 Å². The molecule has 0 saturated carbocycles. The molecule has 6 heteroatoms. The molecule has 96 valence electrons. The number of carbonyl (C=O) groups is 2. The summed E-state index contributed by atoms with van der Waals surface area (Å²) in [5.74, 6) is -0.989. The van der Waals surface area contributed by atoms with Crippen molar-refractivity contribution < 1.29 is 19.2 Å². The van der Waals surface area contributed by atoms with Gasteiger partial charge in [-0.2, -0.15) is 0 Å². The Hall–Kier alpha value is -1.92. The zero-order valence-electron chi connectivity index (χ0n) is 9.91. The zero-order chi connectivity index (χ0) is 13.1. The second-order valence-corrected chi connectivity index (χ2v) is 3.92. The van der Waals surface area contributed by atoms with E-state index < -0.39 is 24.0 Å². The Morgan fingerprint density at radius 1 is 1.39 bits per heavy atom. The lowest BCUT2D eigenvalue weighted by molar-refractivity contribution is -0.241. The summed E-state index contributed by atoms with van der Waals surface area (Å²) in [6, 6.07) is 7.58. The van der Waals surface area contributed by atoms with E-state index in [0.717, 1.165) is 10.6 Å². The lowest BCUT2D eigenvalue weighted by Gasteiger charge is -2.41. The number of hydroxylamine groups is 2. The molecule has 1 heterocycles. The monoisotopic (exact) mass is 250 g/mol. The topological polar surface area (TPSA) is 81.9 Å². The normalized spacial score (nSPS) is 22.6. The first-order chi connectivity index (χ1) is 8.65. The molecule has 1 aliphatic rings. The van der Waals surface area contributed by atoms with Crippen LogP contribution in [0, 0.1) is 0 Å². The number of ether oxygens (including phenoxy) is 1. The number of nitrogens with zero attached hydrogens (tertiary/aromatic N) is 1. The van der Waals surface area contributed by atoms with Gasteiger partial charge in [0.05, 0.1) is 7.11 Å².